The zero-order chi connectivity index (χ0) is 27.6. The van der Waals surface area contributed by atoms with Crippen LogP contribution in [0.3, 0.4) is 0 Å². The molecule has 8 nitrogen and oxygen atoms in total. The highest BCUT2D eigenvalue weighted by Crippen LogP contribution is 2.31. The standard InChI is InChI=1S/C22H18Cl2F3N3O5S2/c1-36(32,33)30(17-7-10-19(23)20(24)12-17)13-21(31)28-15-5-8-18(9-6-15)37(34,35)29-16-4-2-3-14(11-16)22(25,26)27/h2-12,29H,13H2,1H3,(H,28,31). The number of benzene rings is 3. The number of carbonyl (C=O) groups excluding carboxylic acids is 1. The van der Waals surface area contributed by atoms with Crippen LogP contribution in [0.4, 0.5) is 30.2 Å². The Hall–Kier alpha value is -3.00. The van der Waals surface area contributed by atoms with E-state index in [0.717, 1.165) is 34.8 Å². The van der Waals surface area contributed by atoms with Crippen molar-refractivity contribution >= 4 is 66.2 Å². The molecule has 0 radical (unpaired) electrons. The van der Waals surface area contributed by atoms with Crippen LogP contribution in [-0.4, -0.2) is 35.5 Å². The molecule has 2 N–H and O–H groups in total. The number of nitrogens with one attached hydrogen (secondary N) is 2. The largest absolute Gasteiger partial charge is 0.416 e. The minimum Gasteiger partial charge on any atom is -0.325 e. The van der Waals surface area contributed by atoms with Crippen LogP contribution in [0.25, 0.3) is 0 Å². The van der Waals surface area contributed by atoms with Crippen molar-refractivity contribution in [3.05, 3.63) is 82.3 Å². The van der Waals surface area contributed by atoms with Crippen LogP contribution >= 0.6 is 23.2 Å². The van der Waals surface area contributed by atoms with Crippen molar-refractivity contribution < 1.29 is 34.8 Å². The zero-order valence-corrected chi connectivity index (χ0v) is 21.9. The smallest absolute Gasteiger partial charge is 0.325 e. The van der Waals surface area contributed by atoms with Crippen LogP contribution in [0.1, 0.15) is 5.56 Å². The van der Waals surface area contributed by atoms with Crippen molar-refractivity contribution in [2.75, 3.05) is 27.1 Å². The molecule has 0 unspecified atom stereocenters. The summed E-state index contributed by atoms with van der Waals surface area (Å²) in [5, 5.41) is 2.73. The maximum absolute atomic E-state index is 12.9. The Balaban J connectivity index is 1.73. The topological polar surface area (TPSA) is 113 Å². The Bertz CT molecular complexity index is 1530. The SMILES string of the molecule is CS(=O)(=O)N(CC(=O)Nc1ccc(S(=O)(=O)Nc2cccc(C(F)(F)F)c2)cc1)c1ccc(Cl)c(Cl)c1. The second-order valence-corrected chi connectivity index (χ2v) is 12.0. The quantitative estimate of drug-likeness (QED) is 0.371. The average molecular weight is 596 g/mol. The molecule has 0 bridgehead atoms. The molecule has 0 saturated carbocycles. The van der Waals surface area contributed by atoms with Gasteiger partial charge in [0.05, 0.1) is 32.4 Å². The summed E-state index contributed by atoms with van der Waals surface area (Å²) in [6.07, 6.45) is -3.74. The maximum Gasteiger partial charge on any atom is 0.416 e. The van der Waals surface area contributed by atoms with Gasteiger partial charge < -0.3 is 5.32 Å². The van der Waals surface area contributed by atoms with Crippen molar-refractivity contribution in [1.29, 1.82) is 0 Å². The lowest BCUT2D eigenvalue weighted by atomic mass is 10.2. The lowest BCUT2D eigenvalue weighted by Gasteiger charge is -2.22. The van der Waals surface area contributed by atoms with Gasteiger partial charge in [-0.25, -0.2) is 16.8 Å². The summed E-state index contributed by atoms with van der Waals surface area (Å²) in [4.78, 5) is 12.3. The van der Waals surface area contributed by atoms with Crippen LogP contribution in [-0.2, 0) is 31.0 Å². The highest BCUT2D eigenvalue weighted by Gasteiger charge is 2.30. The molecule has 0 saturated heterocycles. The molecule has 3 aromatic carbocycles. The summed E-state index contributed by atoms with van der Waals surface area (Å²) in [5.74, 6) is -0.741. The molecule has 198 valence electrons. The minimum atomic E-state index is -4.65. The lowest BCUT2D eigenvalue weighted by Crippen LogP contribution is -2.37. The second kappa shape index (κ2) is 10.8. The van der Waals surface area contributed by atoms with Gasteiger partial charge in [0.15, 0.2) is 0 Å². The number of hydrogen-bond donors (Lipinski definition) is 2. The molecule has 0 aromatic heterocycles. The molecular weight excluding hydrogens is 578 g/mol. The lowest BCUT2D eigenvalue weighted by molar-refractivity contribution is -0.137. The highest BCUT2D eigenvalue weighted by molar-refractivity contribution is 7.92. The van der Waals surface area contributed by atoms with Crippen molar-refractivity contribution in [2.45, 2.75) is 11.1 Å². The number of amides is 1. The molecule has 37 heavy (non-hydrogen) atoms. The van der Waals surface area contributed by atoms with Crippen LogP contribution < -0.4 is 14.3 Å². The van der Waals surface area contributed by atoms with Gasteiger partial charge in [0.25, 0.3) is 10.0 Å². The fourth-order valence-corrected chi connectivity index (χ4v) is 5.25. The van der Waals surface area contributed by atoms with Gasteiger partial charge in [-0.2, -0.15) is 13.2 Å². The third kappa shape index (κ3) is 7.51. The second-order valence-electron chi connectivity index (χ2n) is 7.62. The summed E-state index contributed by atoms with van der Waals surface area (Å²) in [5.41, 5.74) is -1.05. The number of nitrogens with zero attached hydrogens (tertiary/aromatic N) is 1. The first-order chi connectivity index (χ1) is 17.1. The molecule has 0 fully saturated rings. The number of halogens is 5. The molecule has 0 aliphatic rings. The number of anilines is 3. The Labute approximate surface area is 221 Å². The van der Waals surface area contributed by atoms with E-state index in [1.807, 2.05) is 0 Å². The van der Waals surface area contributed by atoms with Gasteiger partial charge in [-0.15, -0.1) is 0 Å². The van der Waals surface area contributed by atoms with Gasteiger partial charge >= 0.3 is 6.18 Å². The Morgan fingerprint density at radius 2 is 1.54 bits per heavy atom. The Kier molecular flexibility index (Phi) is 8.32. The first kappa shape index (κ1) is 28.6. The third-order valence-corrected chi connectivity index (χ3v) is 8.05. The van der Waals surface area contributed by atoms with E-state index in [-0.39, 0.29) is 32.0 Å². The zero-order valence-electron chi connectivity index (χ0n) is 18.8. The maximum atomic E-state index is 12.9. The van der Waals surface area contributed by atoms with E-state index in [9.17, 15) is 34.8 Å². The molecular formula is C22H18Cl2F3N3O5S2. The average Bonchev–Trinajstić information content (AvgIpc) is 2.78. The summed E-state index contributed by atoms with van der Waals surface area (Å²) >= 11 is 11.8. The van der Waals surface area contributed by atoms with Crippen LogP contribution in [0, 0.1) is 0 Å². The first-order valence-corrected chi connectivity index (χ1v) is 14.2. The minimum absolute atomic E-state index is 0.0868. The van der Waals surface area contributed by atoms with Crippen molar-refractivity contribution in [3.63, 3.8) is 0 Å². The van der Waals surface area contributed by atoms with Crippen LogP contribution in [0.15, 0.2) is 71.6 Å². The fourth-order valence-electron chi connectivity index (χ4n) is 3.06. The van der Waals surface area contributed by atoms with Crippen molar-refractivity contribution in [3.8, 4) is 0 Å². The monoisotopic (exact) mass is 595 g/mol. The van der Waals surface area contributed by atoms with Gasteiger partial charge in [0, 0.05) is 11.4 Å². The molecule has 3 rings (SSSR count). The first-order valence-electron chi connectivity index (χ1n) is 10.1. The van der Waals surface area contributed by atoms with Gasteiger partial charge in [-0.05, 0) is 60.7 Å². The molecule has 0 aliphatic heterocycles. The number of hydrogen-bond acceptors (Lipinski definition) is 5. The van der Waals surface area contributed by atoms with Gasteiger partial charge in [-0.1, -0.05) is 29.3 Å². The van der Waals surface area contributed by atoms with Gasteiger partial charge in [0.1, 0.15) is 6.54 Å². The fraction of sp³-hybridized carbons (Fsp3) is 0.136. The van der Waals surface area contributed by atoms with E-state index in [1.165, 1.54) is 36.4 Å². The predicted molar refractivity (Wildman–Crippen MR) is 136 cm³/mol. The van der Waals surface area contributed by atoms with Crippen LogP contribution in [0.5, 0.6) is 0 Å². The highest BCUT2D eigenvalue weighted by atomic mass is 35.5. The van der Waals surface area contributed by atoms with E-state index >= 15 is 0 Å². The van der Waals surface area contributed by atoms with E-state index in [1.54, 1.807) is 0 Å². The molecule has 0 aliphatic carbocycles. The van der Waals surface area contributed by atoms with E-state index in [0.29, 0.717) is 6.07 Å². The molecule has 0 atom stereocenters. The number of rotatable bonds is 8. The van der Waals surface area contributed by atoms with Gasteiger partial charge in [-0.3, -0.25) is 13.8 Å². The summed E-state index contributed by atoms with van der Waals surface area (Å²) < 4.78 is 91.2. The summed E-state index contributed by atoms with van der Waals surface area (Å²) in [7, 11) is -8.13. The molecule has 15 heteroatoms. The number of sulfonamides is 2. The Morgan fingerprint density at radius 3 is 2.11 bits per heavy atom. The van der Waals surface area contributed by atoms with Crippen molar-refractivity contribution in [2.24, 2.45) is 0 Å². The van der Waals surface area contributed by atoms with E-state index in [4.69, 9.17) is 23.2 Å². The molecule has 0 spiro atoms. The van der Waals surface area contributed by atoms with Crippen molar-refractivity contribution in [1.82, 2.24) is 0 Å². The predicted octanol–water partition coefficient (Wildman–Crippen LogP) is 5.22. The van der Waals surface area contributed by atoms with E-state index < -0.39 is 44.2 Å². The van der Waals surface area contributed by atoms with Gasteiger partial charge in [0.2, 0.25) is 15.9 Å². The molecule has 0 heterocycles. The number of carbonyl (C=O) groups is 1. The Morgan fingerprint density at radius 1 is 0.892 bits per heavy atom. The third-order valence-electron chi connectivity index (χ3n) is 4.77. The molecule has 3 aromatic rings. The molecule has 1 amide bonds. The normalized spacial score (nSPS) is 12.2. The van der Waals surface area contributed by atoms with E-state index in [2.05, 4.69) is 10.0 Å². The summed E-state index contributed by atoms with van der Waals surface area (Å²) in [6, 6.07) is 12.5. The van der Waals surface area contributed by atoms with Crippen LogP contribution in [0.2, 0.25) is 10.0 Å². The summed E-state index contributed by atoms with van der Waals surface area (Å²) in [6.45, 7) is -0.617. The number of alkyl halides is 3.